The molecule has 8 nitrogen and oxygen atoms in total. The van der Waals surface area contributed by atoms with Crippen LogP contribution in [0, 0.1) is 11.7 Å². The summed E-state index contributed by atoms with van der Waals surface area (Å²) in [5.41, 5.74) is 2.86. The van der Waals surface area contributed by atoms with Gasteiger partial charge in [-0.15, -0.1) is 0 Å². The molecule has 40 heavy (non-hydrogen) atoms. The highest BCUT2D eigenvalue weighted by molar-refractivity contribution is 6.06. The summed E-state index contributed by atoms with van der Waals surface area (Å²) in [6, 6.07) is 18.0. The van der Waals surface area contributed by atoms with Crippen molar-refractivity contribution in [3.8, 4) is 5.75 Å². The van der Waals surface area contributed by atoms with Crippen molar-refractivity contribution in [1.29, 1.82) is 0 Å². The minimum atomic E-state index is -0.340. The molecule has 0 bridgehead atoms. The van der Waals surface area contributed by atoms with Crippen LogP contribution in [0.4, 0.5) is 15.8 Å². The van der Waals surface area contributed by atoms with Gasteiger partial charge < -0.3 is 25.2 Å². The first-order valence-electron chi connectivity index (χ1n) is 13.6. The summed E-state index contributed by atoms with van der Waals surface area (Å²) in [5, 5.41) is 5.81. The molecule has 208 valence electrons. The summed E-state index contributed by atoms with van der Waals surface area (Å²) in [7, 11) is 1.56. The number of nitrogens with one attached hydrogen (secondary N) is 2. The van der Waals surface area contributed by atoms with E-state index in [1.54, 1.807) is 55.6 Å². The highest BCUT2D eigenvalue weighted by Gasteiger charge is 2.34. The van der Waals surface area contributed by atoms with E-state index in [0.717, 1.165) is 30.5 Å². The maximum atomic E-state index is 13.5. The van der Waals surface area contributed by atoms with E-state index in [4.69, 9.17) is 4.74 Å². The zero-order chi connectivity index (χ0) is 28.1. The third-order valence-electron chi connectivity index (χ3n) is 7.29. The van der Waals surface area contributed by atoms with Crippen LogP contribution < -0.4 is 20.3 Å². The molecule has 1 heterocycles. The zero-order valence-electron chi connectivity index (χ0n) is 22.5. The van der Waals surface area contributed by atoms with Crippen LogP contribution in [-0.2, 0) is 11.3 Å². The molecule has 5 rings (SSSR count). The van der Waals surface area contributed by atoms with Crippen molar-refractivity contribution >= 4 is 29.1 Å². The molecule has 3 aromatic rings. The quantitative estimate of drug-likeness (QED) is 0.437. The second-order valence-corrected chi connectivity index (χ2v) is 10.2. The Labute approximate surface area is 233 Å². The summed E-state index contributed by atoms with van der Waals surface area (Å²) in [5.74, 6) is 0.0969. The van der Waals surface area contributed by atoms with Crippen LogP contribution in [0.5, 0.6) is 5.75 Å². The lowest BCUT2D eigenvalue weighted by molar-refractivity contribution is -0.132. The summed E-state index contributed by atoms with van der Waals surface area (Å²) < 4.78 is 18.5. The van der Waals surface area contributed by atoms with Gasteiger partial charge in [0.2, 0.25) is 5.91 Å². The number of methoxy groups -OCH3 is 1. The average molecular weight is 545 g/mol. The van der Waals surface area contributed by atoms with Crippen molar-refractivity contribution in [2.75, 3.05) is 43.5 Å². The second kappa shape index (κ2) is 12.2. The summed E-state index contributed by atoms with van der Waals surface area (Å²) >= 11 is 0. The third-order valence-corrected chi connectivity index (χ3v) is 7.29. The fourth-order valence-electron chi connectivity index (χ4n) is 4.86. The van der Waals surface area contributed by atoms with Crippen molar-refractivity contribution in [3.63, 3.8) is 0 Å². The van der Waals surface area contributed by atoms with E-state index in [2.05, 4.69) is 15.5 Å². The van der Waals surface area contributed by atoms with Crippen LogP contribution in [-0.4, -0.2) is 55.9 Å². The highest BCUT2D eigenvalue weighted by atomic mass is 19.1. The maximum Gasteiger partial charge on any atom is 0.255 e. The molecule has 1 saturated carbocycles. The van der Waals surface area contributed by atoms with Crippen molar-refractivity contribution in [2.24, 2.45) is 5.92 Å². The number of hydrogen-bond acceptors (Lipinski definition) is 5. The molecule has 3 aromatic carbocycles. The number of carbonyl (C=O) groups excluding carboxylic acids is 3. The Hall–Kier alpha value is -4.40. The number of anilines is 2. The number of benzene rings is 3. The largest absolute Gasteiger partial charge is 0.497 e. The van der Waals surface area contributed by atoms with Crippen LogP contribution >= 0.6 is 0 Å². The third kappa shape index (κ3) is 6.59. The minimum absolute atomic E-state index is 0.174. The molecule has 1 aliphatic carbocycles. The van der Waals surface area contributed by atoms with Crippen molar-refractivity contribution < 1.29 is 23.5 Å². The zero-order valence-corrected chi connectivity index (χ0v) is 22.5. The fourth-order valence-corrected chi connectivity index (χ4v) is 4.86. The summed E-state index contributed by atoms with van der Waals surface area (Å²) in [6.45, 7) is 2.83. The molecular formula is C31H33FN4O4. The molecule has 0 spiro atoms. The van der Waals surface area contributed by atoms with Gasteiger partial charge in [-0.3, -0.25) is 14.4 Å². The number of nitrogens with zero attached hydrogens (tertiary/aromatic N) is 2. The van der Waals surface area contributed by atoms with Crippen molar-refractivity contribution in [1.82, 2.24) is 10.2 Å². The van der Waals surface area contributed by atoms with E-state index in [9.17, 15) is 18.8 Å². The van der Waals surface area contributed by atoms with Crippen LogP contribution in [0.2, 0.25) is 0 Å². The Morgan fingerprint density at radius 1 is 0.900 bits per heavy atom. The lowest BCUT2D eigenvalue weighted by Gasteiger charge is -2.26. The number of halogens is 1. The molecule has 1 saturated heterocycles. The Morgan fingerprint density at radius 3 is 2.35 bits per heavy atom. The first kappa shape index (κ1) is 27.2. The molecular weight excluding hydrogens is 511 g/mol. The first-order chi connectivity index (χ1) is 19.4. The molecule has 3 amide bonds. The second-order valence-electron chi connectivity index (χ2n) is 10.2. The minimum Gasteiger partial charge on any atom is -0.497 e. The lowest BCUT2D eigenvalue weighted by atomic mass is 10.1. The Bertz CT molecular complexity index is 1370. The summed E-state index contributed by atoms with van der Waals surface area (Å²) in [4.78, 5) is 43.1. The smallest absolute Gasteiger partial charge is 0.255 e. The molecule has 9 heteroatoms. The topological polar surface area (TPSA) is 91.0 Å². The molecule has 2 N–H and O–H groups in total. The fraction of sp³-hybridized carbons (Fsp3) is 0.323. The first-order valence-corrected chi connectivity index (χ1v) is 13.6. The molecule has 0 unspecified atom stereocenters. The SMILES string of the molecule is COc1ccc(C(=O)Nc2ccc(N3CCCN(C(=O)C4CC4)CC3)c(C(=O)NCc3ccc(F)cc3)c2)cc1. The predicted molar refractivity (Wildman–Crippen MR) is 151 cm³/mol. The normalized spacial score (nSPS) is 15.2. The Kier molecular flexibility index (Phi) is 8.28. The van der Waals surface area contributed by atoms with E-state index in [1.807, 2.05) is 11.0 Å². The van der Waals surface area contributed by atoms with Gasteiger partial charge in [0.25, 0.3) is 11.8 Å². The van der Waals surface area contributed by atoms with Gasteiger partial charge in [0.05, 0.1) is 12.7 Å². The lowest BCUT2D eigenvalue weighted by Crippen LogP contribution is -2.36. The van der Waals surface area contributed by atoms with Gasteiger partial charge in [0, 0.05) is 55.6 Å². The Morgan fingerprint density at radius 2 is 1.65 bits per heavy atom. The van der Waals surface area contributed by atoms with Crippen molar-refractivity contribution in [2.45, 2.75) is 25.8 Å². The van der Waals surface area contributed by atoms with Crippen molar-refractivity contribution in [3.05, 3.63) is 89.2 Å². The monoisotopic (exact) mass is 544 g/mol. The number of hydrogen-bond donors (Lipinski definition) is 2. The van der Waals surface area contributed by atoms with Gasteiger partial charge in [0.1, 0.15) is 11.6 Å². The van der Waals surface area contributed by atoms with Gasteiger partial charge in [-0.25, -0.2) is 4.39 Å². The number of carbonyl (C=O) groups is 3. The number of rotatable bonds is 8. The van der Waals surface area contributed by atoms with E-state index >= 15 is 0 Å². The molecule has 0 aromatic heterocycles. The molecule has 0 atom stereocenters. The van der Waals surface area contributed by atoms with E-state index in [0.29, 0.717) is 48.7 Å². The molecule has 1 aliphatic heterocycles. The Balaban J connectivity index is 1.36. The summed E-state index contributed by atoms with van der Waals surface area (Å²) in [6.07, 6.45) is 2.74. The van der Waals surface area contributed by atoms with Crippen LogP contribution in [0.1, 0.15) is 45.5 Å². The average Bonchev–Trinajstić information content (AvgIpc) is 3.84. The molecule has 2 fully saturated rings. The van der Waals surface area contributed by atoms with Crippen LogP contribution in [0.25, 0.3) is 0 Å². The highest BCUT2D eigenvalue weighted by Crippen LogP contribution is 2.32. The maximum absolute atomic E-state index is 13.5. The molecule has 0 radical (unpaired) electrons. The number of amides is 3. The van der Waals surface area contributed by atoms with Gasteiger partial charge >= 0.3 is 0 Å². The van der Waals surface area contributed by atoms with Gasteiger partial charge in [-0.1, -0.05) is 12.1 Å². The predicted octanol–water partition coefficient (Wildman–Crippen LogP) is 4.47. The van der Waals surface area contributed by atoms with E-state index in [1.165, 1.54) is 12.1 Å². The molecule has 2 aliphatic rings. The standard InChI is InChI=1S/C31H33FN4O4/c1-40-26-12-7-22(8-13-26)29(37)34-25-11-14-28(35-15-2-16-36(18-17-35)31(39)23-5-6-23)27(19-25)30(38)33-20-21-3-9-24(32)10-4-21/h3-4,7-14,19,23H,2,5-6,15-18,20H2,1H3,(H,33,38)(H,34,37). The number of ether oxygens (including phenoxy) is 1. The van der Waals surface area contributed by atoms with Gasteiger partial charge in [0.15, 0.2) is 0 Å². The van der Waals surface area contributed by atoms with Gasteiger partial charge in [-0.05, 0) is 79.4 Å². The van der Waals surface area contributed by atoms with E-state index < -0.39 is 0 Å². The van der Waals surface area contributed by atoms with Crippen LogP contribution in [0.15, 0.2) is 66.7 Å². The van der Waals surface area contributed by atoms with Crippen LogP contribution in [0.3, 0.4) is 0 Å². The van der Waals surface area contributed by atoms with Gasteiger partial charge in [-0.2, -0.15) is 0 Å². The van der Waals surface area contributed by atoms with E-state index in [-0.39, 0.29) is 36.0 Å².